The van der Waals surface area contributed by atoms with Gasteiger partial charge in [-0.25, -0.2) is 13.9 Å². The highest BCUT2D eigenvalue weighted by Gasteiger charge is 2.53. The van der Waals surface area contributed by atoms with E-state index in [0.717, 1.165) is 43.5 Å². The minimum Gasteiger partial charge on any atom is -0.461 e. The second kappa shape index (κ2) is 9.49. The van der Waals surface area contributed by atoms with Gasteiger partial charge in [-0.3, -0.25) is 4.90 Å². The van der Waals surface area contributed by atoms with Crippen molar-refractivity contribution in [3.05, 3.63) is 39.3 Å². The lowest BCUT2D eigenvalue weighted by atomic mass is 9.74. The van der Waals surface area contributed by atoms with Crippen LogP contribution in [0.15, 0.2) is 6.20 Å². The summed E-state index contributed by atoms with van der Waals surface area (Å²) in [7, 11) is 0. The van der Waals surface area contributed by atoms with E-state index in [1.54, 1.807) is 6.20 Å². The third-order valence-electron chi connectivity index (χ3n) is 10.2. The van der Waals surface area contributed by atoms with Crippen LogP contribution in [0.2, 0.25) is 0 Å². The molecular weight excluding hydrogens is 569 g/mol. The van der Waals surface area contributed by atoms with Crippen LogP contribution in [-0.4, -0.2) is 80.4 Å². The highest BCUT2D eigenvalue weighted by molar-refractivity contribution is 7.16. The Hall–Kier alpha value is -4.01. The van der Waals surface area contributed by atoms with Crippen LogP contribution in [-0.2, 0) is 24.9 Å². The molecule has 3 saturated heterocycles. The molecule has 1 aliphatic carbocycles. The molecule has 1 unspecified atom stereocenters. The van der Waals surface area contributed by atoms with Crippen molar-refractivity contribution in [2.24, 2.45) is 0 Å². The number of hydrogen-bond donors (Lipinski definition) is 1. The molecule has 8 rings (SSSR count). The van der Waals surface area contributed by atoms with Gasteiger partial charge in [-0.15, -0.1) is 16.4 Å². The Labute approximate surface area is 252 Å². The number of aryl methyl sites for hydroxylation is 1. The third-order valence-corrected chi connectivity index (χ3v) is 11.3. The highest BCUT2D eigenvalue weighted by atomic mass is 32.1. The number of aromatic nitrogens is 5. The number of nitriles is 1. The van der Waals surface area contributed by atoms with Crippen molar-refractivity contribution in [2.75, 3.05) is 48.3 Å². The molecule has 5 aliphatic rings. The van der Waals surface area contributed by atoms with Crippen molar-refractivity contribution in [2.45, 2.75) is 75.3 Å². The summed E-state index contributed by atoms with van der Waals surface area (Å²) in [6.07, 6.45) is 5.09. The summed E-state index contributed by atoms with van der Waals surface area (Å²) in [5.74, 6) is 1.06. The second-order valence-electron chi connectivity index (χ2n) is 12.7. The second-order valence-corrected chi connectivity index (χ2v) is 13.9. The van der Waals surface area contributed by atoms with Gasteiger partial charge >= 0.3 is 6.01 Å². The number of fused-ring (bicyclic) bond motifs is 4. The molecule has 3 aromatic rings. The first-order chi connectivity index (χ1) is 20.8. The number of nitrogen functional groups attached to an aromatic ring is 1. The lowest BCUT2D eigenvalue weighted by Crippen LogP contribution is -2.59. The van der Waals surface area contributed by atoms with E-state index in [-0.39, 0.29) is 23.0 Å². The Bertz CT molecular complexity index is 1700. The molecule has 7 heterocycles. The molecule has 3 atom stereocenters. The van der Waals surface area contributed by atoms with Crippen molar-refractivity contribution < 1.29 is 9.13 Å². The van der Waals surface area contributed by atoms with Crippen LogP contribution in [0.4, 0.5) is 26.7 Å². The van der Waals surface area contributed by atoms with Gasteiger partial charge in [-0.2, -0.15) is 15.2 Å². The molecule has 3 fully saturated rings. The number of nitrogens with zero attached hydrogens (tertiary/aromatic N) is 10. The topological polar surface area (TPSA) is 130 Å². The Morgan fingerprint density at radius 1 is 1.28 bits per heavy atom. The van der Waals surface area contributed by atoms with Crippen molar-refractivity contribution in [3.8, 4) is 12.1 Å². The maximum atomic E-state index is 14.5. The fraction of sp³-hybridized carbons (Fsp3) is 0.586. The van der Waals surface area contributed by atoms with Gasteiger partial charge in [-0.05, 0) is 44.7 Å². The fourth-order valence-corrected chi connectivity index (χ4v) is 9.28. The number of thiophene rings is 1. The van der Waals surface area contributed by atoms with Crippen LogP contribution in [0.25, 0.3) is 4.85 Å². The van der Waals surface area contributed by atoms with E-state index < -0.39 is 6.17 Å². The van der Waals surface area contributed by atoms with Gasteiger partial charge in [0, 0.05) is 42.4 Å². The van der Waals surface area contributed by atoms with Gasteiger partial charge in [0.15, 0.2) is 0 Å². The first-order valence-electron chi connectivity index (χ1n) is 14.9. The average Bonchev–Trinajstić information content (AvgIpc) is 3.77. The van der Waals surface area contributed by atoms with Crippen LogP contribution in [0, 0.1) is 17.9 Å². The standard InChI is InChI=1S/C29H32FN11OS/c1-17-11-41-19(10-34-37-41)13-40(17)26-23(33-2)25(35-27(36-26)42-16-29-5-3-7-39(29)12-18(30)8-29)38-14-28(15-38)6-4-21-22(28)20(9-31)24(32)43-21/h10,17-18H,3-8,11-16,32H2,1H3/t17?,18-,29+/m1/s1. The molecule has 0 aromatic carbocycles. The van der Waals surface area contributed by atoms with Crippen LogP contribution >= 0.6 is 11.3 Å². The van der Waals surface area contributed by atoms with Crippen LogP contribution in [0.3, 0.4) is 0 Å². The lowest BCUT2D eigenvalue weighted by Gasteiger charge is -2.50. The smallest absolute Gasteiger partial charge is 0.317 e. The molecule has 0 amide bonds. The number of halogens is 1. The van der Waals surface area contributed by atoms with Gasteiger partial charge in [0.2, 0.25) is 0 Å². The van der Waals surface area contributed by atoms with Crippen LogP contribution in [0.5, 0.6) is 6.01 Å². The first-order valence-corrected chi connectivity index (χ1v) is 15.7. The summed E-state index contributed by atoms with van der Waals surface area (Å²) < 4.78 is 22.7. The monoisotopic (exact) mass is 601 g/mol. The predicted molar refractivity (Wildman–Crippen MR) is 158 cm³/mol. The summed E-state index contributed by atoms with van der Waals surface area (Å²) in [4.78, 5) is 21.3. The minimum absolute atomic E-state index is 0.00318. The number of alkyl halides is 1. The number of rotatable bonds is 5. The van der Waals surface area contributed by atoms with Gasteiger partial charge in [0.1, 0.15) is 35.5 Å². The lowest BCUT2D eigenvalue weighted by molar-refractivity contribution is 0.107. The molecule has 0 radical (unpaired) electrons. The Balaban J connectivity index is 1.16. The molecule has 14 heteroatoms. The van der Waals surface area contributed by atoms with Crippen molar-refractivity contribution in [1.29, 1.82) is 5.26 Å². The summed E-state index contributed by atoms with van der Waals surface area (Å²) in [5.41, 5.74) is 8.69. The van der Waals surface area contributed by atoms with E-state index in [9.17, 15) is 9.65 Å². The molecule has 222 valence electrons. The van der Waals surface area contributed by atoms with E-state index >= 15 is 0 Å². The van der Waals surface area contributed by atoms with Gasteiger partial charge in [-0.1, -0.05) is 5.21 Å². The maximum Gasteiger partial charge on any atom is 0.317 e. The van der Waals surface area contributed by atoms with Crippen molar-refractivity contribution in [1.82, 2.24) is 29.9 Å². The number of anilines is 3. The first kappa shape index (κ1) is 26.6. The quantitative estimate of drug-likeness (QED) is 0.435. The normalized spacial score (nSPS) is 27.0. The number of hydrogen-bond acceptors (Lipinski definition) is 11. The average molecular weight is 602 g/mol. The third kappa shape index (κ3) is 3.92. The molecule has 2 N–H and O–H groups in total. The van der Waals surface area contributed by atoms with Crippen molar-refractivity contribution >= 4 is 33.7 Å². The highest BCUT2D eigenvalue weighted by Crippen LogP contribution is 2.54. The molecule has 43 heavy (non-hydrogen) atoms. The zero-order valence-corrected chi connectivity index (χ0v) is 24.8. The zero-order valence-electron chi connectivity index (χ0n) is 24.0. The van der Waals surface area contributed by atoms with E-state index in [1.807, 2.05) is 4.68 Å². The molecule has 1 spiro atoms. The summed E-state index contributed by atoms with van der Waals surface area (Å²) >= 11 is 1.52. The number of ether oxygens (including phenoxy) is 1. The Kier molecular flexibility index (Phi) is 5.87. The van der Waals surface area contributed by atoms with Crippen molar-refractivity contribution in [3.63, 3.8) is 0 Å². The summed E-state index contributed by atoms with van der Waals surface area (Å²) in [6, 6.07) is 2.54. The molecule has 4 aliphatic heterocycles. The van der Waals surface area contributed by atoms with Gasteiger partial charge in [0.25, 0.3) is 5.69 Å². The zero-order chi connectivity index (χ0) is 29.5. The maximum absolute atomic E-state index is 14.5. The predicted octanol–water partition coefficient (Wildman–Crippen LogP) is 3.20. The fourth-order valence-electron chi connectivity index (χ4n) is 8.14. The largest absolute Gasteiger partial charge is 0.461 e. The summed E-state index contributed by atoms with van der Waals surface area (Å²) in [5, 5.41) is 18.7. The van der Waals surface area contributed by atoms with Crippen LogP contribution in [0.1, 0.15) is 54.3 Å². The Morgan fingerprint density at radius 3 is 2.93 bits per heavy atom. The van der Waals surface area contributed by atoms with E-state index in [4.69, 9.17) is 27.0 Å². The molecule has 12 nitrogen and oxygen atoms in total. The minimum atomic E-state index is -0.855. The van der Waals surface area contributed by atoms with E-state index in [2.05, 4.69) is 42.8 Å². The number of nitrogens with two attached hydrogens (primary N) is 1. The van der Waals surface area contributed by atoms with Gasteiger partial charge in [0.05, 0.1) is 42.7 Å². The summed E-state index contributed by atoms with van der Waals surface area (Å²) in [6.45, 7) is 14.3. The van der Waals surface area contributed by atoms with Gasteiger partial charge < -0.3 is 20.3 Å². The molecule has 0 bridgehead atoms. The Morgan fingerprint density at radius 2 is 2.12 bits per heavy atom. The SMILES string of the molecule is [C-]#[N+]c1c(N2CC3(CCc4sc(N)c(C#N)c43)C2)nc(OC[C@@]23CCCN2C[C@H](F)C3)nc1N1Cc2cnnn2CC1C. The van der Waals surface area contributed by atoms with E-state index in [1.165, 1.54) is 16.2 Å². The van der Waals surface area contributed by atoms with Crippen LogP contribution < -0.4 is 20.3 Å². The molecule has 3 aromatic heterocycles. The van der Waals surface area contributed by atoms with E-state index in [0.29, 0.717) is 73.6 Å². The molecule has 0 saturated carbocycles. The molecular formula is C29H32FN11OS.